The molecule has 0 radical (unpaired) electrons. The molecule has 0 aliphatic carbocycles. The number of hydrogen-bond donors (Lipinski definition) is 1. The van der Waals surface area contributed by atoms with Gasteiger partial charge in [-0.2, -0.15) is 5.06 Å². The fourth-order valence-electron chi connectivity index (χ4n) is 1.20. The Morgan fingerprint density at radius 3 is 2.47 bits per heavy atom. The Bertz CT molecular complexity index is 336. The van der Waals surface area contributed by atoms with Crippen LogP contribution in [0.2, 0.25) is 0 Å². The van der Waals surface area contributed by atoms with Crippen LogP contribution in [0, 0.1) is 0 Å². The monoisotopic (exact) mass is 286 g/mol. The van der Waals surface area contributed by atoms with E-state index in [0.29, 0.717) is 22.9 Å². The first-order valence-corrected chi connectivity index (χ1v) is 6.67. The maximum atomic E-state index is 10.4. The summed E-state index contributed by atoms with van der Waals surface area (Å²) in [6, 6.07) is 2.64. The molecule has 0 bridgehead atoms. The second-order valence-electron chi connectivity index (χ2n) is 4.21. The number of thiocarbonyl (C=S) groups is 1. The standard InChI is InChI=1S/C8H17N3.C4H5NO2S/c1-4-9-8-10-6-5-7-11(2)3;6-3-1-2-4(8)5(3)7/h4-7H2,1-3H3;7H,1-2H2. The summed E-state index contributed by atoms with van der Waals surface area (Å²) in [6.07, 6.45) is 1.96. The van der Waals surface area contributed by atoms with Crippen LogP contribution in [0.1, 0.15) is 26.2 Å². The van der Waals surface area contributed by atoms with E-state index in [1.807, 2.05) is 6.92 Å². The van der Waals surface area contributed by atoms with Gasteiger partial charge < -0.3 is 4.90 Å². The van der Waals surface area contributed by atoms with E-state index < -0.39 is 0 Å². The topological polar surface area (TPSA) is 68.5 Å². The molecule has 0 spiro atoms. The molecule has 108 valence electrons. The highest BCUT2D eigenvalue weighted by Crippen LogP contribution is 2.09. The first-order valence-electron chi connectivity index (χ1n) is 6.26. The minimum Gasteiger partial charge on any atom is -0.309 e. The van der Waals surface area contributed by atoms with Crippen molar-refractivity contribution in [3.63, 3.8) is 0 Å². The number of nitrogens with zero attached hydrogens (tertiary/aromatic N) is 4. The van der Waals surface area contributed by atoms with Crippen molar-refractivity contribution in [2.24, 2.45) is 9.98 Å². The molecule has 0 saturated carbocycles. The maximum absolute atomic E-state index is 10.4. The van der Waals surface area contributed by atoms with Gasteiger partial charge in [0.15, 0.2) is 0 Å². The van der Waals surface area contributed by atoms with Crippen molar-refractivity contribution in [2.75, 3.05) is 33.7 Å². The minimum absolute atomic E-state index is 0.296. The van der Waals surface area contributed by atoms with E-state index in [1.165, 1.54) is 0 Å². The second-order valence-corrected chi connectivity index (χ2v) is 4.68. The smallest absolute Gasteiger partial charge is 0.251 e. The zero-order valence-electron chi connectivity index (χ0n) is 11.8. The van der Waals surface area contributed by atoms with Crippen molar-refractivity contribution < 1.29 is 10.0 Å². The summed E-state index contributed by atoms with van der Waals surface area (Å²) < 4.78 is 0. The lowest BCUT2D eigenvalue weighted by Gasteiger charge is -2.05. The Morgan fingerprint density at radius 2 is 2.11 bits per heavy atom. The van der Waals surface area contributed by atoms with Crippen molar-refractivity contribution in [3.05, 3.63) is 0 Å². The lowest BCUT2D eigenvalue weighted by Crippen LogP contribution is -2.22. The molecule has 1 aliphatic heterocycles. The normalized spacial score (nSPS) is 14.1. The van der Waals surface area contributed by atoms with Crippen molar-refractivity contribution >= 4 is 29.1 Å². The Hall–Kier alpha value is -1.14. The average Bonchev–Trinajstić information content (AvgIpc) is 2.65. The van der Waals surface area contributed by atoms with Gasteiger partial charge in [0.05, 0.1) is 12.6 Å². The average molecular weight is 286 g/mol. The molecule has 7 heteroatoms. The zero-order valence-corrected chi connectivity index (χ0v) is 12.6. The highest BCUT2D eigenvalue weighted by atomic mass is 32.1. The lowest BCUT2D eigenvalue weighted by atomic mass is 10.4. The molecule has 1 N–H and O–H groups in total. The fourth-order valence-corrected chi connectivity index (χ4v) is 1.41. The number of rotatable bonds is 5. The predicted octanol–water partition coefficient (Wildman–Crippen LogP) is 1.46. The van der Waals surface area contributed by atoms with Gasteiger partial charge in [0, 0.05) is 19.4 Å². The molecule has 1 amide bonds. The molecule has 6 nitrogen and oxygen atoms in total. The molecular formula is C12H22N4O2S. The summed E-state index contributed by atoms with van der Waals surface area (Å²) in [6.45, 7) is 4.67. The zero-order chi connectivity index (χ0) is 14.7. The first kappa shape index (κ1) is 17.9. The van der Waals surface area contributed by atoms with Crippen LogP contribution in [-0.4, -0.2) is 65.8 Å². The molecular weight excluding hydrogens is 264 g/mol. The number of hydroxylamine groups is 2. The van der Waals surface area contributed by atoms with Gasteiger partial charge in [-0.05, 0) is 34.0 Å². The second kappa shape index (κ2) is 10.8. The molecule has 0 aromatic rings. The largest absolute Gasteiger partial charge is 0.309 e. The maximum Gasteiger partial charge on any atom is 0.251 e. The fraction of sp³-hybridized carbons (Fsp3) is 0.750. The van der Waals surface area contributed by atoms with Gasteiger partial charge in [0.2, 0.25) is 0 Å². The van der Waals surface area contributed by atoms with Gasteiger partial charge in [0.1, 0.15) is 4.99 Å². The number of carbonyl (C=O) groups excluding carboxylic acids is 1. The van der Waals surface area contributed by atoms with E-state index >= 15 is 0 Å². The van der Waals surface area contributed by atoms with Crippen LogP contribution in [0.5, 0.6) is 0 Å². The molecule has 1 fully saturated rings. The highest BCUT2D eigenvalue weighted by Gasteiger charge is 2.23. The van der Waals surface area contributed by atoms with Crippen molar-refractivity contribution in [1.29, 1.82) is 0 Å². The quantitative estimate of drug-likeness (QED) is 0.359. The molecule has 1 rings (SSSR count). The van der Waals surface area contributed by atoms with Gasteiger partial charge >= 0.3 is 0 Å². The lowest BCUT2D eigenvalue weighted by molar-refractivity contribution is -0.145. The van der Waals surface area contributed by atoms with Gasteiger partial charge in [0.25, 0.3) is 5.91 Å². The molecule has 19 heavy (non-hydrogen) atoms. The van der Waals surface area contributed by atoms with Crippen molar-refractivity contribution in [3.8, 4) is 0 Å². The van der Waals surface area contributed by atoms with E-state index in [2.05, 4.69) is 47.2 Å². The van der Waals surface area contributed by atoms with Crippen LogP contribution in [0.3, 0.4) is 0 Å². The number of aliphatic imine (C=N–C) groups is 2. The van der Waals surface area contributed by atoms with Crippen LogP contribution < -0.4 is 0 Å². The Morgan fingerprint density at radius 1 is 1.42 bits per heavy atom. The van der Waals surface area contributed by atoms with Crippen LogP contribution in [0.4, 0.5) is 0 Å². The van der Waals surface area contributed by atoms with Gasteiger partial charge in [-0.1, -0.05) is 12.2 Å². The summed E-state index contributed by atoms with van der Waals surface area (Å²) in [7, 11) is 4.12. The first-order chi connectivity index (χ1) is 8.99. The summed E-state index contributed by atoms with van der Waals surface area (Å²) in [5.74, 6) is -0.296. The summed E-state index contributed by atoms with van der Waals surface area (Å²) in [5, 5.41) is 9.15. The predicted molar refractivity (Wildman–Crippen MR) is 78.9 cm³/mol. The summed E-state index contributed by atoms with van der Waals surface area (Å²) in [4.78, 5) is 20.7. The number of hydrogen-bond acceptors (Lipinski definition) is 6. The Kier molecular flexibility index (Phi) is 10.1. The number of amides is 1. The minimum atomic E-state index is -0.296. The summed E-state index contributed by atoms with van der Waals surface area (Å²) >= 11 is 4.57. The van der Waals surface area contributed by atoms with E-state index in [4.69, 9.17) is 5.21 Å². The molecule has 0 aromatic carbocycles. The summed E-state index contributed by atoms with van der Waals surface area (Å²) in [5.41, 5.74) is 0. The Labute approximate surface area is 119 Å². The van der Waals surface area contributed by atoms with Crippen LogP contribution >= 0.6 is 12.2 Å². The van der Waals surface area contributed by atoms with Crippen LogP contribution in [0.25, 0.3) is 0 Å². The van der Waals surface area contributed by atoms with Gasteiger partial charge in [-0.3, -0.25) is 10.0 Å². The molecule has 1 saturated heterocycles. The van der Waals surface area contributed by atoms with E-state index in [9.17, 15) is 4.79 Å². The molecule has 0 atom stereocenters. The van der Waals surface area contributed by atoms with E-state index in [1.54, 1.807) is 0 Å². The van der Waals surface area contributed by atoms with Gasteiger partial charge in [-0.15, -0.1) is 0 Å². The third kappa shape index (κ3) is 9.44. The highest BCUT2D eigenvalue weighted by molar-refractivity contribution is 7.80. The van der Waals surface area contributed by atoms with E-state index in [-0.39, 0.29) is 5.91 Å². The third-order valence-corrected chi connectivity index (χ3v) is 2.58. The van der Waals surface area contributed by atoms with Gasteiger partial charge in [-0.25, -0.2) is 9.98 Å². The molecule has 1 aliphatic rings. The molecule has 0 unspecified atom stereocenters. The number of carbonyl (C=O) groups is 1. The van der Waals surface area contributed by atoms with Crippen molar-refractivity contribution in [2.45, 2.75) is 26.2 Å². The molecule has 0 aromatic heterocycles. The third-order valence-electron chi connectivity index (χ3n) is 2.20. The van der Waals surface area contributed by atoms with E-state index in [0.717, 1.165) is 26.1 Å². The molecule has 1 heterocycles. The van der Waals surface area contributed by atoms with Crippen LogP contribution in [0.15, 0.2) is 9.98 Å². The van der Waals surface area contributed by atoms with Crippen molar-refractivity contribution in [1.82, 2.24) is 9.96 Å². The Balaban J connectivity index is 0.000000356. The van der Waals surface area contributed by atoms with Crippen LogP contribution in [-0.2, 0) is 4.79 Å². The SMILES string of the molecule is CCN=C=NCCCN(C)C.O=C1CCC(=S)N1O.